The Kier molecular flexibility index (Phi) is 6.37. The van der Waals surface area contributed by atoms with E-state index in [2.05, 4.69) is 5.32 Å². The van der Waals surface area contributed by atoms with Crippen LogP contribution in [0.15, 0.2) is 36.4 Å². The fraction of sp³-hybridized carbons (Fsp3) is 0.278. The number of benzene rings is 2. The van der Waals surface area contributed by atoms with E-state index in [9.17, 15) is 18.0 Å². The monoisotopic (exact) mass is 387 g/mol. The first-order valence-electron chi connectivity index (χ1n) is 7.71. The minimum atomic E-state index is -4.43. The fourth-order valence-electron chi connectivity index (χ4n) is 2.28. The number of hydrogen-bond donors (Lipinski definition) is 1. The van der Waals surface area contributed by atoms with Crippen LogP contribution in [0, 0.1) is 0 Å². The van der Waals surface area contributed by atoms with Gasteiger partial charge in [0.15, 0.2) is 11.5 Å². The molecule has 26 heavy (non-hydrogen) atoms. The maximum absolute atomic E-state index is 12.7. The molecule has 2 rings (SSSR count). The fourth-order valence-corrected chi connectivity index (χ4v) is 2.54. The second-order valence-electron chi connectivity index (χ2n) is 5.30. The first-order chi connectivity index (χ1) is 12.3. The third-order valence-electron chi connectivity index (χ3n) is 3.49. The van der Waals surface area contributed by atoms with Crippen molar-refractivity contribution >= 4 is 17.5 Å². The van der Waals surface area contributed by atoms with Crippen LogP contribution in [0.3, 0.4) is 0 Å². The number of nitrogens with one attached hydrogen (secondary N) is 1. The molecule has 0 bridgehead atoms. The highest BCUT2D eigenvalue weighted by atomic mass is 35.5. The van der Waals surface area contributed by atoms with E-state index in [4.69, 9.17) is 21.1 Å². The molecule has 2 aromatic rings. The number of ether oxygens (including phenoxy) is 2. The molecule has 0 aromatic heterocycles. The van der Waals surface area contributed by atoms with Gasteiger partial charge in [-0.05, 0) is 36.8 Å². The highest BCUT2D eigenvalue weighted by Crippen LogP contribution is 2.36. The normalized spacial score (nSPS) is 11.2. The molecule has 4 nitrogen and oxygen atoms in total. The molecule has 1 amide bonds. The van der Waals surface area contributed by atoms with E-state index in [1.807, 2.05) is 0 Å². The summed E-state index contributed by atoms with van der Waals surface area (Å²) in [5.74, 6) is 0.125. The maximum Gasteiger partial charge on any atom is 0.416 e. The van der Waals surface area contributed by atoms with Gasteiger partial charge in [0.25, 0.3) is 5.91 Å². The van der Waals surface area contributed by atoms with Crippen LogP contribution in [0.5, 0.6) is 11.5 Å². The lowest BCUT2D eigenvalue weighted by Crippen LogP contribution is -2.23. The number of halogens is 4. The van der Waals surface area contributed by atoms with Gasteiger partial charge < -0.3 is 14.8 Å². The molecular formula is C18H17ClF3NO3. The van der Waals surface area contributed by atoms with Crippen LogP contribution >= 0.6 is 11.6 Å². The Morgan fingerprint density at radius 2 is 1.96 bits per heavy atom. The van der Waals surface area contributed by atoms with Crippen molar-refractivity contribution in [3.63, 3.8) is 0 Å². The molecule has 0 radical (unpaired) electrons. The van der Waals surface area contributed by atoms with Crippen molar-refractivity contribution in [3.8, 4) is 11.5 Å². The molecule has 2 aromatic carbocycles. The zero-order chi connectivity index (χ0) is 19.3. The van der Waals surface area contributed by atoms with Gasteiger partial charge in [0, 0.05) is 12.1 Å². The number of carbonyl (C=O) groups is 1. The van der Waals surface area contributed by atoms with Crippen molar-refractivity contribution in [2.24, 2.45) is 0 Å². The third-order valence-corrected chi connectivity index (χ3v) is 3.77. The number of carbonyl (C=O) groups excluding carboxylic acids is 1. The van der Waals surface area contributed by atoms with Gasteiger partial charge in [-0.25, -0.2) is 0 Å². The van der Waals surface area contributed by atoms with Gasteiger partial charge in [0.2, 0.25) is 0 Å². The summed E-state index contributed by atoms with van der Waals surface area (Å²) in [4.78, 5) is 12.3. The van der Waals surface area contributed by atoms with Crippen molar-refractivity contribution in [1.82, 2.24) is 5.32 Å². The molecule has 0 aliphatic carbocycles. The van der Waals surface area contributed by atoms with E-state index >= 15 is 0 Å². The second-order valence-corrected chi connectivity index (χ2v) is 5.71. The van der Waals surface area contributed by atoms with E-state index in [1.54, 1.807) is 6.92 Å². The molecule has 0 fully saturated rings. The lowest BCUT2D eigenvalue weighted by Gasteiger charge is -2.13. The predicted octanol–water partition coefficient (Wildman–Crippen LogP) is 4.70. The Morgan fingerprint density at radius 1 is 1.23 bits per heavy atom. The smallest absolute Gasteiger partial charge is 0.416 e. The number of methoxy groups -OCH3 is 1. The van der Waals surface area contributed by atoms with Gasteiger partial charge in [-0.1, -0.05) is 23.7 Å². The van der Waals surface area contributed by atoms with Crippen LogP contribution in [-0.4, -0.2) is 19.6 Å². The number of hydrogen-bond acceptors (Lipinski definition) is 3. The quantitative estimate of drug-likeness (QED) is 0.781. The van der Waals surface area contributed by atoms with Crippen LogP contribution in [0.25, 0.3) is 0 Å². The van der Waals surface area contributed by atoms with Gasteiger partial charge in [-0.15, -0.1) is 0 Å². The number of rotatable bonds is 6. The molecule has 1 N–H and O–H groups in total. The molecule has 140 valence electrons. The molecule has 0 saturated heterocycles. The van der Waals surface area contributed by atoms with Crippen molar-refractivity contribution in [3.05, 3.63) is 58.1 Å². The second kappa shape index (κ2) is 8.31. The molecule has 0 atom stereocenters. The van der Waals surface area contributed by atoms with Crippen LogP contribution in [0.2, 0.25) is 5.02 Å². The molecular weight excluding hydrogens is 371 g/mol. The zero-order valence-electron chi connectivity index (χ0n) is 14.1. The van der Waals surface area contributed by atoms with Crippen LogP contribution in [0.4, 0.5) is 13.2 Å². The zero-order valence-corrected chi connectivity index (χ0v) is 14.9. The topological polar surface area (TPSA) is 47.6 Å². The first kappa shape index (κ1) is 19.9. The predicted molar refractivity (Wildman–Crippen MR) is 91.8 cm³/mol. The molecule has 0 saturated carbocycles. The largest absolute Gasteiger partial charge is 0.493 e. The lowest BCUT2D eigenvalue weighted by atomic mass is 10.1. The Bertz CT molecular complexity index is 794. The van der Waals surface area contributed by atoms with Crippen LogP contribution < -0.4 is 14.8 Å². The molecule has 0 aliphatic rings. The maximum atomic E-state index is 12.7. The van der Waals surface area contributed by atoms with Gasteiger partial charge in [-0.3, -0.25) is 4.79 Å². The van der Waals surface area contributed by atoms with Crippen LogP contribution in [-0.2, 0) is 12.7 Å². The third kappa shape index (κ3) is 4.82. The van der Waals surface area contributed by atoms with Crippen molar-refractivity contribution in [2.45, 2.75) is 19.6 Å². The van der Waals surface area contributed by atoms with Gasteiger partial charge in [0.1, 0.15) is 0 Å². The number of alkyl halides is 3. The van der Waals surface area contributed by atoms with Crippen molar-refractivity contribution < 1.29 is 27.4 Å². The minimum Gasteiger partial charge on any atom is -0.493 e. The summed E-state index contributed by atoms with van der Waals surface area (Å²) in [6.45, 7) is 2.10. The highest BCUT2D eigenvalue weighted by Gasteiger charge is 2.30. The SMILES string of the molecule is CCOc1c(Cl)cc(C(=O)NCc2cccc(C(F)(F)F)c2)cc1OC. The van der Waals surface area contributed by atoms with Gasteiger partial charge in [-0.2, -0.15) is 13.2 Å². The average molecular weight is 388 g/mol. The Balaban J connectivity index is 2.14. The minimum absolute atomic E-state index is 0.0596. The Labute approximate surface area is 153 Å². The highest BCUT2D eigenvalue weighted by molar-refractivity contribution is 6.32. The summed E-state index contributed by atoms with van der Waals surface area (Å²) in [6, 6.07) is 7.63. The Hall–Kier alpha value is -2.41. The summed E-state index contributed by atoms with van der Waals surface area (Å²) in [7, 11) is 1.42. The molecule has 0 unspecified atom stereocenters. The summed E-state index contributed by atoms with van der Waals surface area (Å²) in [5.41, 5.74) is -0.227. The average Bonchev–Trinajstić information content (AvgIpc) is 2.60. The standard InChI is InChI=1S/C18H17ClF3NO3/c1-3-26-16-14(19)8-12(9-15(16)25-2)17(24)23-10-11-5-4-6-13(7-11)18(20,21)22/h4-9H,3,10H2,1-2H3,(H,23,24). The lowest BCUT2D eigenvalue weighted by molar-refractivity contribution is -0.137. The van der Waals surface area contributed by atoms with E-state index in [1.165, 1.54) is 31.4 Å². The summed E-state index contributed by atoms with van der Waals surface area (Å²) >= 11 is 6.11. The Morgan fingerprint density at radius 3 is 2.58 bits per heavy atom. The number of amides is 1. The molecule has 0 heterocycles. The van der Waals surface area contributed by atoms with Gasteiger partial charge in [0.05, 0.1) is 24.3 Å². The van der Waals surface area contributed by atoms with Gasteiger partial charge >= 0.3 is 6.18 Å². The van der Waals surface area contributed by atoms with Crippen molar-refractivity contribution in [1.29, 1.82) is 0 Å². The molecule has 0 spiro atoms. The van der Waals surface area contributed by atoms with E-state index in [0.29, 0.717) is 23.7 Å². The summed E-state index contributed by atoms with van der Waals surface area (Å²) < 4.78 is 48.7. The van der Waals surface area contributed by atoms with E-state index < -0.39 is 17.6 Å². The summed E-state index contributed by atoms with van der Waals surface area (Å²) in [5, 5.41) is 2.77. The first-order valence-corrected chi connectivity index (χ1v) is 8.08. The van der Waals surface area contributed by atoms with E-state index in [0.717, 1.165) is 12.1 Å². The molecule has 0 aliphatic heterocycles. The van der Waals surface area contributed by atoms with Crippen LogP contribution in [0.1, 0.15) is 28.4 Å². The van der Waals surface area contributed by atoms with Crippen molar-refractivity contribution in [2.75, 3.05) is 13.7 Å². The molecule has 8 heteroatoms. The summed E-state index contributed by atoms with van der Waals surface area (Å²) in [6.07, 6.45) is -4.43. The van der Waals surface area contributed by atoms with E-state index in [-0.39, 0.29) is 17.1 Å².